The topological polar surface area (TPSA) is 55.9 Å². The van der Waals surface area contributed by atoms with Crippen molar-refractivity contribution in [3.63, 3.8) is 0 Å². The molecule has 1 aliphatic rings. The lowest BCUT2D eigenvalue weighted by Gasteiger charge is -2.35. The summed E-state index contributed by atoms with van der Waals surface area (Å²) in [6, 6.07) is 7.70. The highest BCUT2D eigenvalue weighted by Crippen LogP contribution is 2.11. The third-order valence-electron chi connectivity index (χ3n) is 4.44. The number of urea groups is 1. The van der Waals surface area contributed by atoms with Gasteiger partial charge < -0.3 is 15.1 Å². The summed E-state index contributed by atoms with van der Waals surface area (Å²) in [5.74, 6) is 0.164. The maximum Gasteiger partial charge on any atom is 0.321 e. The van der Waals surface area contributed by atoms with Crippen LogP contribution in [0.2, 0.25) is 0 Å². The fourth-order valence-corrected chi connectivity index (χ4v) is 2.82. The van der Waals surface area contributed by atoms with E-state index < -0.39 is 0 Å². The summed E-state index contributed by atoms with van der Waals surface area (Å²) in [7, 11) is 0. The monoisotopic (exact) mass is 332 g/mol. The minimum atomic E-state index is -0.0754. The van der Waals surface area contributed by atoms with Crippen molar-refractivity contribution in [2.24, 2.45) is 0 Å². The highest BCUT2D eigenvalue weighted by Gasteiger charge is 2.23. The Bertz CT molecular complexity index is 547. The summed E-state index contributed by atoms with van der Waals surface area (Å²) in [4.78, 5) is 30.2. The maximum atomic E-state index is 12.3. The highest BCUT2D eigenvalue weighted by molar-refractivity contribution is 5.89. The van der Waals surface area contributed by atoms with Gasteiger partial charge in [0.05, 0.1) is 6.54 Å². The number of carbonyl (C=O) groups excluding carboxylic acids is 2. The van der Waals surface area contributed by atoms with Crippen molar-refractivity contribution < 1.29 is 9.59 Å². The van der Waals surface area contributed by atoms with Crippen LogP contribution in [0.5, 0.6) is 0 Å². The van der Waals surface area contributed by atoms with Crippen molar-refractivity contribution in [2.45, 2.75) is 20.8 Å². The number of nitrogens with one attached hydrogen (secondary N) is 1. The molecule has 1 aromatic carbocycles. The summed E-state index contributed by atoms with van der Waals surface area (Å²) in [6.45, 7) is 10.7. The molecule has 0 aromatic heterocycles. The van der Waals surface area contributed by atoms with Gasteiger partial charge in [-0.05, 0) is 32.9 Å². The molecule has 3 amide bonds. The van der Waals surface area contributed by atoms with Crippen LogP contribution in [0.15, 0.2) is 24.3 Å². The van der Waals surface area contributed by atoms with E-state index >= 15 is 0 Å². The Morgan fingerprint density at radius 1 is 1.04 bits per heavy atom. The van der Waals surface area contributed by atoms with Gasteiger partial charge in [-0.3, -0.25) is 9.69 Å². The number of amides is 3. The van der Waals surface area contributed by atoms with Crippen LogP contribution in [-0.2, 0) is 4.79 Å². The number of hydrogen-bond acceptors (Lipinski definition) is 3. The zero-order chi connectivity index (χ0) is 17.5. The van der Waals surface area contributed by atoms with Gasteiger partial charge in [0.25, 0.3) is 0 Å². The van der Waals surface area contributed by atoms with Crippen LogP contribution >= 0.6 is 0 Å². The molecular weight excluding hydrogens is 304 g/mol. The number of likely N-dealkylation sites (N-methyl/N-ethyl adjacent to an activating group) is 1. The number of anilines is 1. The van der Waals surface area contributed by atoms with Gasteiger partial charge in [0.2, 0.25) is 5.91 Å². The van der Waals surface area contributed by atoms with Crippen molar-refractivity contribution in [3.05, 3.63) is 29.8 Å². The van der Waals surface area contributed by atoms with E-state index in [2.05, 4.69) is 10.2 Å². The van der Waals surface area contributed by atoms with Crippen LogP contribution in [0.25, 0.3) is 0 Å². The Hall–Kier alpha value is -2.08. The molecule has 0 radical (unpaired) electrons. The second-order valence-corrected chi connectivity index (χ2v) is 6.13. The fraction of sp³-hybridized carbons (Fsp3) is 0.556. The molecule has 0 unspecified atom stereocenters. The van der Waals surface area contributed by atoms with Crippen LogP contribution in [0.1, 0.15) is 19.4 Å². The maximum absolute atomic E-state index is 12.3. The molecule has 1 N–H and O–H groups in total. The van der Waals surface area contributed by atoms with Crippen molar-refractivity contribution >= 4 is 17.6 Å². The largest absolute Gasteiger partial charge is 0.342 e. The van der Waals surface area contributed by atoms with Crippen LogP contribution < -0.4 is 5.32 Å². The molecule has 0 atom stereocenters. The second-order valence-electron chi connectivity index (χ2n) is 6.13. The van der Waals surface area contributed by atoms with Crippen molar-refractivity contribution in [1.29, 1.82) is 0 Å². The van der Waals surface area contributed by atoms with Crippen molar-refractivity contribution in [2.75, 3.05) is 51.1 Å². The molecule has 2 rings (SSSR count). The molecule has 6 nitrogen and oxygen atoms in total. The fourth-order valence-electron chi connectivity index (χ4n) is 2.82. The lowest BCUT2D eigenvalue weighted by atomic mass is 10.2. The smallest absolute Gasteiger partial charge is 0.321 e. The summed E-state index contributed by atoms with van der Waals surface area (Å²) in [5.41, 5.74) is 1.98. The van der Waals surface area contributed by atoms with Gasteiger partial charge in [-0.2, -0.15) is 0 Å². The first-order valence-electron chi connectivity index (χ1n) is 8.66. The molecule has 1 aromatic rings. The summed E-state index contributed by atoms with van der Waals surface area (Å²) < 4.78 is 0. The predicted molar refractivity (Wildman–Crippen MR) is 96.1 cm³/mol. The normalized spacial score (nSPS) is 15.2. The summed E-state index contributed by atoms with van der Waals surface area (Å²) in [6.07, 6.45) is 0. The van der Waals surface area contributed by atoms with Gasteiger partial charge in [0.15, 0.2) is 0 Å². The van der Waals surface area contributed by atoms with E-state index in [0.29, 0.717) is 19.6 Å². The Morgan fingerprint density at radius 2 is 1.62 bits per heavy atom. The van der Waals surface area contributed by atoms with Gasteiger partial charge in [0, 0.05) is 45.0 Å². The molecule has 1 aliphatic heterocycles. The number of nitrogens with zero attached hydrogens (tertiary/aromatic N) is 3. The number of benzene rings is 1. The van der Waals surface area contributed by atoms with Gasteiger partial charge in [0.1, 0.15) is 0 Å². The molecule has 1 saturated heterocycles. The molecule has 1 fully saturated rings. The van der Waals surface area contributed by atoms with Gasteiger partial charge >= 0.3 is 6.03 Å². The molecule has 0 bridgehead atoms. The van der Waals surface area contributed by atoms with Crippen molar-refractivity contribution in [1.82, 2.24) is 14.7 Å². The number of carbonyl (C=O) groups is 2. The predicted octanol–water partition coefficient (Wildman–Crippen LogP) is 2.01. The Kier molecular flexibility index (Phi) is 6.61. The molecular formula is C18H28N4O2. The van der Waals surface area contributed by atoms with Crippen molar-refractivity contribution in [3.8, 4) is 0 Å². The molecule has 24 heavy (non-hydrogen) atoms. The Morgan fingerprint density at radius 3 is 2.17 bits per heavy atom. The number of piperazine rings is 1. The minimum absolute atomic E-state index is 0.0754. The molecule has 0 aliphatic carbocycles. The molecule has 1 heterocycles. The first-order chi connectivity index (χ1) is 11.5. The van der Waals surface area contributed by atoms with E-state index in [4.69, 9.17) is 0 Å². The third-order valence-corrected chi connectivity index (χ3v) is 4.44. The third kappa shape index (κ3) is 4.96. The summed E-state index contributed by atoms with van der Waals surface area (Å²) in [5, 5.41) is 2.92. The lowest BCUT2D eigenvalue weighted by molar-refractivity contribution is -0.132. The van der Waals surface area contributed by atoms with Gasteiger partial charge in [-0.25, -0.2) is 4.79 Å². The SMILES string of the molecule is CCN(CC)C(=O)CN1CCN(C(=O)Nc2ccc(C)cc2)CC1. The number of rotatable bonds is 5. The average molecular weight is 332 g/mol. The quantitative estimate of drug-likeness (QED) is 0.897. The van der Waals surface area contributed by atoms with Crippen LogP contribution in [0.4, 0.5) is 10.5 Å². The van der Waals surface area contributed by atoms with E-state index in [9.17, 15) is 9.59 Å². The van der Waals surface area contributed by atoms with Crippen LogP contribution in [0, 0.1) is 6.92 Å². The Labute approximate surface area is 144 Å². The first-order valence-corrected chi connectivity index (χ1v) is 8.66. The summed E-state index contributed by atoms with van der Waals surface area (Å²) >= 11 is 0. The first kappa shape index (κ1) is 18.3. The van der Waals surface area contributed by atoms with E-state index in [1.165, 1.54) is 5.56 Å². The number of aryl methyl sites for hydroxylation is 1. The zero-order valence-corrected chi connectivity index (χ0v) is 14.9. The average Bonchev–Trinajstić information content (AvgIpc) is 2.58. The number of hydrogen-bond donors (Lipinski definition) is 1. The van der Waals surface area contributed by atoms with Crippen LogP contribution in [-0.4, -0.2) is 72.5 Å². The zero-order valence-electron chi connectivity index (χ0n) is 14.9. The van der Waals surface area contributed by atoms with Gasteiger partial charge in [-0.1, -0.05) is 17.7 Å². The standard InChI is InChI=1S/C18H28N4O2/c1-4-21(5-2)17(23)14-20-10-12-22(13-11-20)18(24)19-16-8-6-15(3)7-9-16/h6-9H,4-5,10-14H2,1-3H3,(H,19,24). The second kappa shape index (κ2) is 8.68. The van der Waals surface area contributed by atoms with Crippen LogP contribution in [0.3, 0.4) is 0 Å². The molecule has 0 spiro atoms. The van der Waals surface area contributed by atoms with E-state index in [-0.39, 0.29) is 11.9 Å². The highest BCUT2D eigenvalue weighted by atomic mass is 16.2. The lowest BCUT2D eigenvalue weighted by Crippen LogP contribution is -2.52. The minimum Gasteiger partial charge on any atom is -0.342 e. The van der Waals surface area contributed by atoms with E-state index in [1.54, 1.807) is 4.90 Å². The van der Waals surface area contributed by atoms with E-state index in [0.717, 1.165) is 31.9 Å². The molecule has 0 saturated carbocycles. The Balaban J connectivity index is 1.78. The van der Waals surface area contributed by atoms with E-state index in [1.807, 2.05) is 49.9 Å². The molecule has 132 valence electrons. The van der Waals surface area contributed by atoms with Gasteiger partial charge in [-0.15, -0.1) is 0 Å². The molecule has 6 heteroatoms.